The zero-order valence-electron chi connectivity index (χ0n) is 16.1. The van der Waals surface area contributed by atoms with Crippen LogP contribution in [0.1, 0.15) is 26.3 Å². The molecule has 0 radical (unpaired) electrons. The number of aromatic nitrogens is 3. The van der Waals surface area contributed by atoms with Gasteiger partial charge in [0.2, 0.25) is 21.3 Å². The molecule has 4 rings (SSSR count). The minimum Gasteiger partial charge on any atom is -0.317 e. The molecule has 0 fully saturated rings. The molecule has 0 aliphatic rings. The van der Waals surface area contributed by atoms with Gasteiger partial charge >= 0.3 is 0 Å². The van der Waals surface area contributed by atoms with Crippen LogP contribution in [0.3, 0.4) is 0 Å². The lowest BCUT2D eigenvalue weighted by Gasteiger charge is -2.16. The first-order valence-electron chi connectivity index (χ1n) is 9.31. The van der Waals surface area contributed by atoms with Crippen molar-refractivity contribution >= 4 is 32.3 Å². The van der Waals surface area contributed by atoms with Crippen LogP contribution in [0.25, 0.3) is 16.7 Å². The summed E-state index contributed by atoms with van der Waals surface area (Å²) in [6.45, 7) is 3.89. The van der Waals surface area contributed by atoms with E-state index in [4.69, 9.17) is 5.73 Å². The summed E-state index contributed by atoms with van der Waals surface area (Å²) < 4.78 is 29.7. The van der Waals surface area contributed by atoms with E-state index < -0.39 is 9.84 Å². The van der Waals surface area contributed by atoms with Crippen LogP contribution >= 0.6 is 0 Å². The molecule has 1 aromatic carbocycles. The number of nitrogens with two attached hydrogens (primary N) is 1. The number of fused-ring (bicyclic) bond motifs is 2. The Kier molecular flexibility index (Phi) is 4.58. The lowest BCUT2D eigenvalue weighted by molar-refractivity contribution is -0.684. The second-order valence-electron chi connectivity index (χ2n) is 6.92. The van der Waals surface area contributed by atoms with Crippen LogP contribution in [-0.4, -0.2) is 17.8 Å². The zero-order valence-corrected chi connectivity index (χ0v) is 16.9. The third kappa shape index (κ3) is 2.96. The van der Waals surface area contributed by atoms with E-state index in [0.29, 0.717) is 17.7 Å². The Bertz CT molecular complexity index is 1400. The normalized spacial score (nSPS) is 13.0. The van der Waals surface area contributed by atoms with Crippen LogP contribution in [0.15, 0.2) is 75.4 Å². The minimum absolute atomic E-state index is 0.0721. The fraction of sp³-hybridized carbons (Fsp3) is 0.190. The second kappa shape index (κ2) is 6.97. The van der Waals surface area contributed by atoms with E-state index in [9.17, 15) is 13.2 Å². The molecule has 3 heterocycles. The van der Waals surface area contributed by atoms with Gasteiger partial charge in [-0.25, -0.2) is 13.0 Å². The van der Waals surface area contributed by atoms with Gasteiger partial charge in [-0.2, -0.15) is 0 Å². The van der Waals surface area contributed by atoms with Crippen molar-refractivity contribution in [2.45, 2.75) is 36.1 Å². The molecule has 0 amide bonds. The molecule has 0 saturated heterocycles. The highest BCUT2D eigenvalue weighted by Gasteiger charge is 2.30. The molecule has 4 aromatic rings. The molecular formula is C21H21N4O3S+. The Morgan fingerprint density at radius 2 is 1.83 bits per heavy atom. The molecular weight excluding hydrogens is 388 g/mol. The molecule has 2 N–H and O–H groups in total. The highest BCUT2D eigenvalue weighted by Crippen LogP contribution is 2.27. The predicted octanol–water partition coefficient (Wildman–Crippen LogP) is 2.52. The van der Waals surface area contributed by atoms with Crippen LogP contribution in [0, 0.1) is 0 Å². The highest BCUT2D eigenvalue weighted by molar-refractivity contribution is 7.91. The van der Waals surface area contributed by atoms with Crippen molar-refractivity contribution in [2.24, 2.45) is 0 Å². The molecule has 0 unspecified atom stereocenters. The molecule has 8 heteroatoms. The largest absolute Gasteiger partial charge is 0.317 e. The Labute approximate surface area is 168 Å². The Balaban J connectivity index is 2.18. The number of nitrogen functional groups attached to an aromatic ring is 1. The van der Waals surface area contributed by atoms with Crippen molar-refractivity contribution in [1.82, 2.24) is 9.38 Å². The number of nitrogens with zero attached hydrogens (tertiary/aromatic N) is 3. The zero-order chi connectivity index (χ0) is 20.8. The lowest BCUT2D eigenvalue weighted by atomic mass is 10.2. The van der Waals surface area contributed by atoms with Crippen molar-refractivity contribution in [2.75, 3.05) is 5.73 Å². The van der Waals surface area contributed by atoms with E-state index in [1.165, 1.54) is 22.6 Å². The molecule has 0 saturated carbocycles. The second-order valence-corrected chi connectivity index (χ2v) is 8.84. The maximum Gasteiger partial charge on any atom is 0.278 e. The molecule has 0 bridgehead atoms. The predicted molar refractivity (Wildman–Crippen MR) is 110 cm³/mol. The summed E-state index contributed by atoms with van der Waals surface area (Å²) in [4.78, 5) is 17.8. The molecule has 0 spiro atoms. The van der Waals surface area contributed by atoms with E-state index in [1.807, 2.05) is 13.8 Å². The van der Waals surface area contributed by atoms with Gasteiger partial charge in [0.15, 0.2) is 0 Å². The summed E-state index contributed by atoms with van der Waals surface area (Å²) in [5.41, 5.74) is 6.89. The van der Waals surface area contributed by atoms with Gasteiger partial charge in [0.25, 0.3) is 11.2 Å². The van der Waals surface area contributed by atoms with Crippen LogP contribution in [0.5, 0.6) is 0 Å². The average molecular weight is 409 g/mol. The topological polar surface area (TPSA) is 98.4 Å². The summed E-state index contributed by atoms with van der Waals surface area (Å²) in [5.74, 6) is 0.0721. The number of pyridine rings is 2. The molecule has 7 nitrogen and oxygen atoms in total. The van der Waals surface area contributed by atoms with Gasteiger partial charge in [-0.15, -0.1) is 0 Å². The average Bonchev–Trinajstić information content (AvgIpc) is 2.73. The first-order chi connectivity index (χ1) is 13.9. The number of sulfone groups is 1. The van der Waals surface area contributed by atoms with Crippen molar-refractivity contribution in [3.8, 4) is 0 Å². The fourth-order valence-electron chi connectivity index (χ4n) is 3.41. The third-order valence-corrected chi connectivity index (χ3v) is 6.94. The fourth-order valence-corrected chi connectivity index (χ4v) is 4.83. The molecule has 0 aliphatic carbocycles. The van der Waals surface area contributed by atoms with Gasteiger partial charge in [0.1, 0.15) is 10.3 Å². The van der Waals surface area contributed by atoms with E-state index >= 15 is 0 Å². The van der Waals surface area contributed by atoms with Crippen molar-refractivity contribution in [3.63, 3.8) is 0 Å². The van der Waals surface area contributed by atoms with Crippen LogP contribution in [0.2, 0.25) is 0 Å². The number of rotatable bonds is 4. The number of benzene rings is 1. The smallest absolute Gasteiger partial charge is 0.278 e. The quantitative estimate of drug-likeness (QED) is 0.412. The van der Waals surface area contributed by atoms with E-state index in [-0.39, 0.29) is 32.6 Å². The maximum atomic E-state index is 13.3. The Hall–Kier alpha value is -3.26. The molecule has 1 atom stereocenters. The summed E-state index contributed by atoms with van der Waals surface area (Å²) >= 11 is 0. The SMILES string of the molecule is CC[C@@H](C)[n+]1c(N)c(S(=O)(=O)c2ccccc2)cc2c(=O)n3ccccc3nc21. The van der Waals surface area contributed by atoms with Crippen LogP contribution < -0.4 is 15.9 Å². The van der Waals surface area contributed by atoms with Crippen molar-refractivity contribution in [1.29, 1.82) is 0 Å². The number of hydrogen-bond acceptors (Lipinski definition) is 5. The summed E-state index contributed by atoms with van der Waals surface area (Å²) in [7, 11) is -3.92. The van der Waals surface area contributed by atoms with Gasteiger partial charge < -0.3 is 5.73 Å². The van der Waals surface area contributed by atoms with Gasteiger partial charge in [-0.05, 0) is 43.7 Å². The van der Waals surface area contributed by atoms with Gasteiger partial charge in [0, 0.05) is 6.20 Å². The van der Waals surface area contributed by atoms with Crippen LogP contribution in [0.4, 0.5) is 5.82 Å². The minimum atomic E-state index is -3.92. The monoisotopic (exact) mass is 409 g/mol. The van der Waals surface area contributed by atoms with Crippen LogP contribution in [-0.2, 0) is 9.84 Å². The standard InChI is InChI=1S/C21H20N4O3S/c1-3-14(2)25-19(22)17(29(27,28)15-9-5-4-6-10-15)13-16-20(25)23-18-11-7-8-12-24(18)21(16)26/h4-14,22H,3H2,1-2H3/p+1/t14-/m1/s1. The molecule has 0 aliphatic heterocycles. The summed E-state index contributed by atoms with van der Waals surface area (Å²) in [6.07, 6.45) is 2.30. The van der Waals surface area contributed by atoms with Crippen molar-refractivity contribution in [3.05, 3.63) is 71.1 Å². The first-order valence-corrected chi connectivity index (χ1v) is 10.8. The lowest BCUT2D eigenvalue weighted by Crippen LogP contribution is -2.44. The number of hydrogen-bond donors (Lipinski definition) is 1. The molecule has 29 heavy (non-hydrogen) atoms. The van der Waals surface area contributed by atoms with E-state index in [0.717, 1.165) is 0 Å². The Morgan fingerprint density at radius 1 is 1.14 bits per heavy atom. The summed E-state index contributed by atoms with van der Waals surface area (Å²) in [5, 5.41) is 0.206. The Morgan fingerprint density at radius 3 is 2.52 bits per heavy atom. The third-order valence-electron chi connectivity index (χ3n) is 5.14. The molecule has 148 valence electrons. The first kappa shape index (κ1) is 19.1. The van der Waals surface area contributed by atoms with Gasteiger partial charge in [-0.1, -0.05) is 36.2 Å². The number of anilines is 1. The van der Waals surface area contributed by atoms with E-state index in [2.05, 4.69) is 4.98 Å². The summed E-state index contributed by atoms with van der Waals surface area (Å²) in [6, 6.07) is 14.5. The maximum absolute atomic E-state index is 13.3. The molecule has 3 aromatic heterocycles. The van der Waals surface area contributed by atoms with Gasteiger partial charge in [0.05, 0.1) is 10.9 Å². The van der Waals surface area contributed by atoms with E-state index in [1.54, 1.807) is 47.2 Å². The van der Waals surface area contributed by atoms with Crippen molar-refractivity contribution < 1.29 is 13.0 Å². The highest BCUT2D eigenvalue weighted by atomic mass is 32.2. The van der Waals surface area contributed by atoms with Gasteiger partial charge in [-0.3, -0.25) is 9.20 Å².